The van der Waals surface area contributed by atoms with Crippen LogP contribution in [0, 0.1) is 10.1 Å². The smallest absolute Gasteiger partial charge is 0.288 e. The molecular weight excluding hydrogens is 408 g/mol. The van der Waals surface area contributed by atoms with E-state index in [0.29, 0.717) is 12.2 Å². The van der Waals surface area contributed by atoms with E-state index in [1.54, 1.807) is 6.07 Å². The molecule has 1 aliphatic rings. The number of rotatable bonds is 6. The van der Waals surface area contributed by atoms with Crippen molar-refractivity contribution in [2.75, 3.05) is 18.1 Å². The molecule has 0 aliphatic heterocycles. The maximum absolute atomic E-state index is 11.8. The van der Waals surface area contributed by atoms with E-state index in [2.05, 4.69) is 33.4 Å². The van der Waals surface area contributed by atoms with Gasteiger partial charge in [-0.15, -0.1) is 0 Å². The summed E-state index contributed by atoms with van der Waals surface area (Å²) in [5.74, 6) is 0. The second kappa shape index (κ2) is 6.42. The van der Waals surface area contributed by atoms with E-state index in [9.17, 15) is 18.5 Å². The Morgan fingerprint density at radius 1 is 1.24 bits per heavy atom. The molecule has 0 unspecified atom stereocenters. The number of nitrogens with one attached hydrogen (secondary N) is 1. The largest absolute Gasteiger partial charge is 0.384 e. The van der Waals surface area contributed by atoms with Crippen LogP contribution in [0.3, 0.4) is 0 Å². The molecule has 0 saturated heterocycles. The molecule has 25 heavy (non-hydrogen) atoms. The van der Waals surface area contributed by atoms with Crippen molar-refractivity contribution in [3.8, 4) is 0 Å². The van der Waals surface area contributed by atoms with Crippen molar-refractivity contribution in [3.63, 3.8) is 0 Å². The van der Waals surface area contributed by atoms with Crippen LogP contribution in [0.5, 0.6) is 0 Å². The summed E-state index contributed by atoms with van der Waals surface area (Å²) in [6, 6.07) is 12.3. The molecule has 2 aromatic carbocycles. The molecule has 1 fully saturated rings. The third-order valence-electron chi connectivity index (χ3n) is 4.48. The second-order valence-corrected chi connectivity index (χ2v) is 9.26. The normalized spacial score (nSPS) is 15.6. The maximum atomic E-state index is 11.8. The first kappa shape index (κ1) is 17.9. The van der Waals surface area contributed by atoms with Gasteiger partial charge < -0.3 is 5.32 Å². The van der Waals surface area contributed by atoms with Crippen LogP contribution in [-0.4, -0.2) is 26.1 Å². The molecule has 3 rings (SSSR count). The van der Waals surface area contributed by atoms with Crippen molar-refractivity contribution in [1.82, 2.24) is 0 Å². The van der Waals surface area contributed by atoms with Gasteiger partial charge in [-0.3, -0.25) is 10.1 Å². The molecule has 6 nitrogen and oxygen atoms in total. The molecule has 132 valence electrons. The minimum absolute atomic E-state index is 0.0246. The van der Waals surface area contributed by atoms with E-state index < -0.39 is 20.4 Å². The first-order chi connectivity index (χ1) is 11.7. The molecule has 0 amide bonds. The summed E-state index contributed by atoms with van der Waals surface area (Å²) in [5, 5.41) is 14.3. The summed E-state index contributed by atoms with van der Waals surface area (Å²) in [6.45, 7) is 0.643. The highest BCUT2D eigenvalue weighted by molar-refractivity contribution is 9.10. The lowest BCUT2D eigenvalue weighted by molar-refractivity contribution is -0.387. The van der Waals surface area contributed by atoms with Crippen LogP contribution in [0.4, 0.5) is 11.4 Å². The van der Waals surface area contributed by atoms with E-state index in [1.165, 1.54) is 17.7 Å². The number of anilines is 1. The zero-order valence-electron chi connectivity index (χ0n) is 13.5. The lowest BCUT2D eigenvalue weighted by Gasteiger charge is -2.18. The Kier molecular flexibility index (Phi) is 4.59. The Morgan fingerprint density at radius 2 is 1.96 bits per heavy atom. The molecule has 8 heteroatoms. The van der Waals surface area contributed by atoms with Gasteiger partial charge in [-0.2, -0.15) is 0 Å². The van der Waals surface area contributed by atoms with E-state index >= 15 is 0 Å². The number of benzene rings is 2. The summed E-state index contributed by atoms with van der Waals surface area (Å²) >= 11 is 3.48. The standard InChI is InChI=1S/C17H17BrN2O4S/c1-25(23,24)16-10-14(5-6-15(16)20(21)22)19-11-17(7-8-17)12-3-2-4-13(18)9-12/h2-6,9-10,19H,7-8,11H2,1H3. The van der Waals surface area contributed by atoms with Gasteiger partial charge >= 0.3 is 0 Å². The predicted molar refractivity (Wildman–Crippen MR) is 99.7 cm³/mol. The zero-order valence-corrected chi connectivity index (χ0v) is 15.9. The van der Waals surface area contributed by atoms with E-state index in [0.717, 1.165) is 23.6 Å². The van der Waals surface area contributed by atoms with Gasteiger partial charge in [0, 0.05) is 34.4 Å². The Hall–Kier alpha value is -1.93. The summed E-state index contributed by atoms with van der Waals surface area (Å²) in [5.41, 5.74) is 1.41. The summed E-state index contributed by atoms with van der Waals surface area (Å²) in [7, 11) is -3.68. The molecule has 0 spiro atoms. The zero-order chi connectivity index (χ0) is 18.2. The van der Waals surface area contributed by atoms with Crippen molar-refractivity contribution in [1.29, 1.82) is 0 Å². The van der Waals surface area contributed by atoms with Gasteiger partial charge in [0.15, 0.2) is 9.84 Å². The van der Waals surface area contributed by atoms with Crippen LogP contribution in [0.15, 0.2) is 51.8 Å². The molecule has 2 aromatic rings. The fraction of sp³-hybridized carbons (Fsp3) is 0.294. The van der Waals surface area contributed by atoms with Gasteiger partial charge in [0.25, 0.3) is 5.69 Å². The molecule has 0 bridgehead atoms. The minimum atomic E-state index is -3.68. The van der Waals surface area contributed by atoms with Crippen molar-refractivity contribution in [2.24, 2.45) is 0 Å². The second-order valence-electron chi connectivity index (χ2n) is 6.36. The van der Waals surface area contributed by atoms with Crippen LogP contribution in [0.2, 0.25) is 0 Å². The lowest BCUT2D eigenvalue weighted by atomic mass is 9.96. The maximum Gasteiger partial charge on any atom is 0.288 e. The molecule has 1 saturated carbocycles. The van der Waals surface area contributed by atoms with E-state index in [1.807, 2.05) is 12.1 Å². The minimum Gasteiger partial charge on any atom is -0.384 e. The number of hydrogen-bond acceptors (Lipinski definition) is 5. The lowest BCUT2D eigenvalue weighted by Crippen LogP contribution is -2.19. The Bertz CT molecular complexity index is 939. The Labute approximate surface area is 154 Å². The average molecular weight is 425 g/mol. The molecule has 1 N–H and O–H groups in total. The van der Waals surface area contributed by atoms with E-state index in [-0.39, 0.29) is 10.3 Å². The highest BCUT2D eigenvalue weighted by Crippen LogP contribution is 2.48. The number of sulfone groups is 1. The van der Waals surface area contributed by atoms with Crippen molar-refractivity contribution in [3.05, 3.63) is 62.6 Å². The molecule has 0 aromatic heterocycles. The van der Waals surface area contributed by atoms with Crippen LogP contribution in [0.1, 0.15) is 18.4 Å². The third-order valence-corrected chi connectivity index (χ3v) is 6.10. The predicted octanol–water partition coefficient (Wildman–Crippen LogP) is 3.90. The van der Waals surface area contributed by atoms with Gasteiger partial charge in [0.05, 0.1) is 4.92 Å². The third kappa shape index (κ3) is 3.85. The SMILES string of the molecule is CS(=O)(=O)c1cc(NCC2(c3cccc(Br)c3)CC2)ccc1[N+](=O)[O-]. The summed E-state index contributed by atoms with van der Waals surface area (Å²) < 4.78 is 24.7. The number of halogens is 1. The first-order valence-corrected chi connectivity index (χ1v) is 10.4. The Morgan fingerprint density at radius 3 is 2.52 bits per heavy atom. The number of nitrogens with zero attached hydrogens (tertiary/aromatic N) is 1. The van der Waals surface area contributed by atoms with Gasteiger partial charge in [0.2, 0.25) is 0 Å². The molecule has 0 atom stereocenters. The highest BCUT2D eigenvalue weighted by atomic mass is 79.9. The Balaban J connectivity index is 1.84. The van der Waals surface area contributed by atoms with Gasteiger partial charge in [0.1, 0.15) is 4.90 Å². The number of nitro benzene ring substituents is 1. The topological polar surface area (TPSA) is 89.3 Å². The molecular formula is C17H17BrN2O4S. The fourth-order valence-electron chi connectivity index (χ4n) is 2.88. The number of hydrogen-bond donors (Lipinski definition) is 1. The van der Waals surface area contributed by atoms with Gasteiger partial charge in [-0.1, -0.05) is 28.1 Å². The van der Waals surface area contributed by atoms with Crippen molar-refractivity contribution >= 4 is 37.1 Å². The quantitative estimate of drug-likeness (QED) is 0.560. The molecule has 1 aliphatic carbocycles. The molecule has 0 heterocycles. The summed E-state index contributed by atoms with van der Waals surface area (Å²) in [4.78, 5) is 10.1. The van der Waals surface area contributed by atoms with Gasteiger partial charge in [-0.05, 0) is 42.7 Å². The van der Waals surface area contributed by atoms with Gasteiger partial charge in [-0.25, -0.2) is 8.42 Å². The molecule has 0 radical (unpaired) electrons. The fourth-order valence-corrected chi connectivity index (χ4v) is 4.14. The van der Waals surface area contributed by atoms with E-state index in [4.69, 9.17) is 0 Å². The van der Waals surface area contributed by atoms with Crippen LogP contribution < -0.4 is 5.32 Å². The van der Waals surface area contributed by atoms with Crippen LogP contribution in [-0.2, 0) is 15.3 Å². The average Bonchev–Trinajstić information content (AvgIpc) is 3.33. The van der Waals surface area contributed by atoms with Crippen molar-refractivity contribution in [2.45, 2.75) is 23.2 Å². The van der Waals surface area contributed by atoms with Crippen LogP contribution in [0.25, 0.3) is 0 Å². The highest BCUT2D eigenvalue weighted by Gasteiger charge is 2.44. The monoisotopic (exact) mass is 424 g/mol. The van der Waals surface area contributed by atoms with Crippen LogP contribution >= 0.6 is 15.9 Å². The number of nitro groups is 1. The summed E-state index contributed by atoms with van der Waals surface area (Å²) in [6.07, 6.45) is 3.06. The van der Waals surface area contributed by atoms with Crippen molar-refractivity contribution < 1.29 is 13.3 Å². The first-order valence-electron chi connectivity index (χ1n) is 7.70.